The molecular weight excluding hydrogens is 495 g/mol. The number of hydrogen-bond acceptors (Lipinski definition) is 2. The molecule has 0 spiro atoms. The van der Waals surface area contributed by atoms with Crippen molar-refractivity contribution in [2.45, 2.75) is 0 Å². The molecule has 0 saturated heterocycles. The molecule has 5 aromatic carbocycles. The summed E-state index contributed by atoms with van der Waals surface area (Å²) in [5.41, 5.74) is 4.92. The van der Waals surface area contributed by atoms with E-state index in [0.717, 1.165) is 49.4 Å². The van der Waals surface area contributed by atoms with Crippen LogP contribution >= 0.6 is 0 Å². The van der Waals surface area contributed by atoms with Gasteiger partial charge in [0.1, 0.15) is 0 Å². The van der Waals surface area contributed by atoms with E-state index < -0.39 is 0 Å². The van der Waals surface area contributed by atoms with Crippen LogP contribution in [0.25, 0.3) is 43.6 Å². The molecule has 6 aromatic rings. The molecule has 0 aliphatic heterocycles. The van der Waals surface area contributed by atoms with Crippen molar-refractivity contribution < 1.29 is 20.4 Å². The number of pyridine rings is 1. The van der Waals surface area contributed by atoms with Crippen LogP contribution in [0.1, 0.15) is 5.56 Å². The largest absolute Gasteiger partial charge is 2.00 e. The predicted molar refractivity (Wildman–Crippen MR) is 134 cm³/mol. The zero-order valence-electron chi connectivity index (χ0n) is 17.6. The molecule has 0 saturated carbocycles. The van der Waals surface area contributed by atoms with Gasteiger partial charge in [-0.3, -0.25) is 4.98 Å². The Balaban J connectivity index is 0.00000228. The molecule has 3 heteroatoms. The summed E-state index contributed by atoms with van der Waals surface area (Å²) in [6, 6.07) is 40.1. The molecular formula is C30H18N2Pd. The maximum absolute atomic E-state index is 4.81. The van der Waals surface area contributed by atoms with Crippen molar-refractivity contribution in [3.8, 4) is 11.1 Å². The number of hydrogen-bond donors (Lipinski definition) is 0. The van der Waals surface area contributed by atoms with E-state index in [1.165, 1.54) is 5.39 Å². The number of benzene rings is 5. The molecule has 0 N–H and O–H groups in total. The number of aliphatic imine (C=N–C) groups is 1. The minimum atomic E-state index is 0. The maximum Gasteiger partial charge on any atom is 2.00 e. The minimum Gasteiger partial charge on any atom is -0.333 e. The van der Waals surface area contributed by atoms with Gasteiger partial charge in [0.05, 0.1) is 0 Å². The van der Waals surface area contributed by atoms with Gasteiger partial charge in [0.2, 0.25) is 0 Å². The van der Waals surface area contributed by atoms with Crippen LogP contribution in [0.5, 0.6) is 0 Å². The van der Waals surface area contributed by atoms with E-state index in [-0.39, 0.29) is 20.4 Å². The van der Waals surface area contributed by atoms with E-state index in [0.29, 0.717) is 0 Å². The van der Waals surface area contributed by atoms with Gasteiger partial charge < -0.3 is 4.99 Å². The first-order chi connectivity index (χ1) is 15.8. The summed E-state index contributed by atoms with van der Waals surface area (Å²) in [5.74, 6) is 0. The molecule has 0 radical (unpaired) electrons. The molecule has 1 heterocycles. The Bertz CT molecular complexity index is 1630. The molecule has 0 aliphatic rings. The number of nitrogens with zero attached hydrogens (tertiary/aromatic N) is 2. The SMILES string of the molecule is [Pd+2].[c-]1c(C=Nc2cccc3ccc(-c4cccc5cccnc45)[c-]c23)ccc2ccccc12. The van der Waals surface area contributed by atoms with E-state index in [2.05, 4.69) is 77.8 Å². The summed E-state index contributed by atoms with van der Waals surface area (Å²) in [4.78, 5) is 9.41. The van der Waals surface area contributed by atoms with Gasteiger partial charge >= 0.3 is 20.4 Å². The summed E-state index contributed by atoms with van der Waals surface area (Å²) in [5, 5.41) is 5.49. The van der Waals surface area contributed by atoms with E-state index >= 15 is 0 Å². The van der Waals surface area contributed by atoms with Gasteiger partial charge in [-0.1, -0.05) is 82.4 Å². The zero-order chi connectivity index (χ0) is 21.3. The standard InChI is InChI=1S/C30H18N2.Pd/c1-2-7-25-18-21(13-14-22(25)6-1)20-32-29-12-4-8-23-15-16-26(19-28(23)29)27-11-3-9-24-10-5-17-31-30(24)27;/h1-17,20H;/q-2;+2. The molecule has 0 bridgehead atoms. The second-order valence-corrected chi connectivity index (χ2v) is 7.75. The van der Waals surface area contributed by atoms with Crippen molar-refractivity contribution in [1.29, 1.82) is 0 Å². The van der Waals surface area contributed by atoms with Gasteiger partial charge in [0.25, 0.3) is 0 Å². The second kappa shape index (κ2) is 9.08. The van der Waals surface area contributed by atoms with Crippen LogP contribution in [0.3, 0.4) is 0 Å². The normalized spacial score (nSPS) is 11.3. The van der Waals surface area contributed by atoms with Crippen LogP contribution in [0, 0.1) is 12.1 Å². The number of rotatable bonds is 3. The fourth-order valence-electron chi connectivity index (χ4n) is 4.12. The summed E-state index contributed by atoms with van der Waals surface area (Å²) in [6.45, 7) is 0. The van der Waals surface area contributed by atoms with E-state index in [4.69, 9.17) is 4.99 Å². The van der Waals surface area contributed by atoms with Crippen LogP contribution in [0.4, 0.5) is 5.69 Å². The monoisotopic (exact) mass is 512 g/mol. The topological polar surface area (TPSA) is 25.2 Å². The van der Waals surface area contributed by atoms with Crippen LogP contribution < -0.4 is 0 Å². The van der Waals surface area contributed by atoms with E-state index in [9.17, 15) is 0 Å². The van der Waals surface area contributed by atoms with Crippen molar-refractivity contribution in [2.75, 3.05) is 0 Å². The summed E-state index contributed by atoms with van der Waals surface area (Å²) < 4.78 is 0. The molecule has 6 rings (SSSR count). The predicted octanol–water partition coefficient (Wildman–Crippen LogP) is 7.56. The van der Waals surface area contributed by atoms with Gasteiger partial charge in [0, 0.05) is 11.7 Å². The van der Waals surface area contributed by atoms with Crippen molar-refractivity contribution in [1.82, 2.24) is 4.98 Å². The molecule has 158 valence electrons. The average molecular weight is 513 g/mol. The molecule has 0 atom stereocenters. The first kappa shape index (κ1) is 21.2. The first-order valence-electron chi connectivity index (χ1n) is 10.6. The maximum atomic E-state index is 4.81. The third-order valence-electron chi connectivity index (χ3n) is 5.71. The van der Waals surface area contributed by atoms with Gasteiger partial charge in [-0.05, 0) is 23.4 Å². The van der Waals surface area contributed by atoms with Crippen LogP contribution in [0.2, 0.25) is 0 Å². The molecule has 0 amide bonds. The van der Waals surface area contributed by atoms with Crippen LogP contribution in [-0.4, -0.2) is 11.2 Å². The Morgan fingerprint density at radius 3 is 2.42 bits per heavy atom. The molecule has 33 heavy (non-hydrogen) atoms. The fourth-order valence-corrected chi connectivity index (χ4v) is 4.12. The first-order valence-corrected chi connectivity index (χ1v) is 10.6. The Hall–Kier alpha value is -3.64. The Kier molecular flexibility index (Phi) is 5.84. The summed E-state index contributed by atoms with van der Waals surface area (Å²) in [7, 11) is 0. The number of fused-ring (bicyclic) bond motifs is 3. The van der Waals surface area contributed by atoms with Crippen LogP contribution in [-0.2, 0) is 20.4 Å². The van der Waals surface area contributed by atoms with Crippen molar-refractivity contribution >= 4 is 44.3 Å². The number of para-hydroxylation sites is 1. The quantitative estimate of drug-likeness (QED) is 0.136. The third-order valence-corrected chi connectivity index (χ3v) is 5.71. The molecule has 1 aromatic heterocycles. The summed E-state index contributed by atoms with van der Waals surface area (Å²) in [6.07, 6.45) is 3.71. The Labute approximate surface area is 206 Å². The van der Waals surface area contributed by atoms with Crippen LogP contribution in [0.15, 0.2) is 108 Å². The molecule has 0 aliphatic carbocycles. The smallest absolute Gasteiger partial charge is 0.333 e. The Morgan fingerprint density at radius 1 is 0.667 bits per heavy atom. The van der Waals surface area contributed by atoms with Gasteiger partial charge in [-0.25, -0.2) is 0 Å². The second-order valence-electron chi connectivity index (χ2n) is 7.75. The van der Waals surface area contributed by atoms with Gasteiger partial charge in [-0.2, -0.15) is 0 Å². The minimum absolute atomic E-state index is 0. The van der Waals surface area contributed by atoms with E-state index in [1.54, 1.807) is 0 Å². The zero-order valence-corrected chi connectivity index (χ0v) is 19.2. The van der Waals surface area contributed by atoms with Crippen molar-refractivity contribution in [3.63, 3.8) is 0 Å². The molecule has 0 unspecified atom stereocenters. The van der Waals surface area contributed by atoms with E-state index in [1.807, 2.05) is 48.8 Å². The average Bonchev–Trinajstić information content (AvgIpc) is 2.86. The van der Waals surface area contributed by atoms with Gasteiger partial charge in [-0.15, -0.1) is 59.0 Å². The molecule has 0 fully saturated rings. The Morgan fingerprint density at radius 2 is 1.45 bits per heavy atom. The number of aromatic nitrogens is 1. The van der Waals surface area contributed by atoms with Gasteiger partial charge in [0.15, 0.2) is 0 Å². The van der Waals surface area contributed by atoms with Crippen molar-refractivity contribution in [3.05, 3.63) is 121 Å². The molecule has 2 nitrogen and oxygen atoms in total. The third kappa shape index (κ3) is 4.10. The fraction of sp³-hybridized carbons (Fsp3) is 0. The van der Waals surface area contributed by atoms with Crippen molar-refractivity contribution in [2.24, 2.45) is 4.99 Å². The summed E-state index contributed by atoms with van der Waals surface area (Å²) >= 11 is 0.